The fraction of sp³-hybridized carbons (Fsp3) is 0.231. The van der Waals surface area contributed by atoms with Gasteiger partial charge in [0, 0.05) is 5.56 Å². The Bertz CT molecular complexity index is 524. The van der Waals surface area contributed by atoms with E-state index in [4.69, 9.17) is 4.42 Å². The topological polar surface area (TPSA) is 33.4 Å². The third-order valence-corrected chi connectivity index (χ3v) is 2.54. The molecule has 2 rings (SSSR count). The van der Waals surface area contributed by atoms with Gasteiger partial charge in [0.2, 0.25) is 0 Å². The lowest BCUT2D eigenvalue weighted by Gasteiger charge is -2.06. The molecule has 0 amide bonds. The summed E-state index contributed by atoms with van der Waals surface area (Å²) >= 11 is 0. The Morgan fingerprint density at radius 2 is 1.67 bits per heavy atom. The van der Waals surface area contributed by atoms with Crippen LogP contribution in [0.4, 0.5) is 13.2 Å². The molecule has 1 atom stereocenters. The molecule has 0 radical (unpaired) electrons. The van der Waals surface area contributed by atoms with Crippen molar-refractivity contribution >= 4 is 0 Å². The van der Waals surface area contributed by atoms with Gasteiger partial charge in [-0.05, 0) is 31.2 Å². The van der Waals surface area contributed by atoms with Crippen LogP contribution in [0.5, 0.6) is 0 Å². The molecule has 1 aromatic heterocycles. The molecule has 0 saturated carbocycles. The van der Waals surface area contributed by atoms with Gasteiger partial charge in [-0.2, -0.15) is 13.2 Å². The van der Waals surface area contributed by atoms with E-state index in [9.17, 15) is 18.3 Å². The average Bonchev–Trinajstić information content (AvgIpc) is 2.77. The summed E-state index contributed by atoms with van der Waals surface area (Å²) in [6.07, 6.45) is -5.08. The molecule has 18 heavy (non-hydrogen) atoms. The van der Waals surface area contributed by atoms with Crippen molar-refractivity contribution in [1.82, 2.24) is 0 Å². The van der Waals surface area contributed by atoms with Crippen molar-refractivity contribution in [3.8, 4) is 11.3 Å². The van der Waals surface area contributed by atoms with Crippen molar-refractivity contribution < 1.29 is 22.7 Å². The highest BCUT2D eigenvalue weighted by atomic mass is 19.4. The summed E-state index contributed by atoms with van der Waals surface area (Å²) in [4.78, 5) is 0. The van der Waals surface area contributed by atoms with E-state index in [1.165, 1.54) is 12.1 Å². The number of furan rings is 1. The number of hydrogen-bond donors (Lipinski definition) is 1. The zero-order chi connectivity index (χ0) is 13.3. The standard InChI is InChI=1S/C13H11F3O2/c1-8(17)11-6-7-12(18-11)9-2-4-10(5-3-9)13(14,15)16/h2-8,17H,1H3. The van der Waals surface area contributed by atoms with E-state index in [2.05, 4.69) is 0 Å². The first-order chi connectivity index (χ1) is 8.38. The summed E-state index contributed by atoms with van der Waals surface area (Å²) in [5.74, 6) is 0.810. The van der Waals surface area contributed by atoms with Crippen LogP contribution in [0.25, 0.3) is 11.3 Å². The van der Waals surface area contributed by atoms with Crippen LogP contribution < -0.4 is 0 Å². The quantitative estimate of drug-likeness (QED) is 0.880. The number of rotatable bonds is 2. The number of aliphatic hydroxyl groups excluding tert-OH is 1. The molecule has 0 saturated heterocycles. The van der Waals surface area contributed by atoms with Crippen LogP contribution in [0.15, 0.2) is 40.8 Å². The lowest BCUT2D eigenvalue weighted by Crippen LogP contribution is -2.03. The summed E-state index contributed by atoms with van der Waals surface area (Å²) < 4.78 is 42.5. The largest absolute Gasteiger partial charge is 0.458 e. The summed E-state index contributed by atoms with van der Waals surface area (Å²) in [5, 5.41) is 9.29. The van der Waals surface area contributed by atoms with Crippen molar-refractivity contribution in [2.45, 2.75) is 19.2 Å². The predicted octanol–water partition coefficient (Wildman–Crippen LogP) is 4.02. The third-order valence-electron chi connectivity index (χ3n) is 2.54. The highest BCUT2D eigenvalue weighted by Crippen LogP contribution is 2.31. The Kier molecular flexibility index (Phi) is 3.17. The molecule has 0 aliphatic carbocycles. The van der Waals surface area contributed by atoms with Gasteiger partial charge in [-0.1, -0.05) is 12.1 Å². The number of hydrogen-bond acceptors (Lipinski definition) is 2. The van der Waals surface area contributed by atoms with E-state index >= 15 is 0 Å². The normalized spacial score (nSPS) is 13.6. The van der Waals surface area contributed by atoms with Crippen molar-refractivity contribution in [3.63, 3.8) is 0 Å². The first kappa shape index (κ1) is 12.7. The van der Waals surface area contributed by atoms with E-state index in [1.54, 1.807) is 19.1 Å². The Labute approximate surface area is 102 Å². The zero-order valence-electron chi connectivity index (χ0n) is 9.53. The monoisotopic (exact) mass is 256 g/mol. The minimum atomic E-state index is -4.34. The van der Waals surface area contributed by atoms with E-state index in [0.717, 1.165) is 12.1 Å². The first-order valence-corrected chi connectivity index (χ1v) is 5.33. The Balaban J connectivity index is 2.29. The Morgan fingerprint density at radius 3 is 2.11 bits per heavy atom. The van der Waals surface area contributed by atoms with E-state index < -0.39 is 17.8 Å². The van der Waals surface area contributed by atoms with Crippen LogP contribution in [0.1, 0.15) is 24.4 Å². The second-order valence-corrected chi connectivity index (χ2v) is 3.95. The summed E-state index contributed by atoms with van der Waals surface area (Å²) in [5.41, 5.74) is -0.163. The molecule has 1 heterocycles. The molecule has 1 unspecified atom stereocenters. The molecular formula is C13H11F3O2. The molecule has 0 bridgehead atoms. The maximum absolute atomic E-state index is 12.4. The van der Waals surface area contributed by atoms with E-state index in [1.807, 2.05) is 0 Å². The lowest BCUT2D eigenvalue weighted by molar-refractivity contribution is -0.137. The van der Waals surface area contributed by atoms with Crippen LogP contribution in [0.3, 0.4) is 0 Å². The first-order valence-electron chi connectivity index (χ1n) is 5.33. The summed E-state index contributed by atoms with van der Waals surface area (Å²) in [6.45, 7) is 1.55. The van der Waals surface area contributed by atoms with Gasteiger partial charge in [-0.25, -0.2) is 0 Å². The Hall–Kier alpha value is -1.75. The van der Waals surface area contributed by atoms with Crippen molar-refractivity contribution in [3.05, 3.63) is 47.7 Å². The minimum absolute atomic E-state index is 0.380. The molecule has 1 N–H and O–H groups in total. The molecule has 5 heteroatoms. The van der Waals surface area contributed by atoms with Crippen LogP contribution in [0, 0.1) is 0 Å². The molecule has 0 spiro atoms. The van der Waals surface area contributed by atoms with Gasteiger partial charge < -0.3 is 9.52 Å². The maximum Gasteiger partial charge on any atom is 0.416 e. The Morgan fingerprint density at radius 1 is 1.06 bits per heavy atom. The highest BCUT2D eigenvalue weighted by molar-refractivity contribution is 5.58. The molecule has 96 valence electrons. The summed E-state index contributed by atoms with van der Waals surface area (Å²) in [6, 6.07) is 7.89. The van der Waals surface area contributed by atoms with Gasteiger partial charge >= 0.3 is 6.18 Å². The van der Waals surface area contributed by atoms with Crippen LogP contribution in [-0.2, 0) is 6.18 Å². The highest BCUT2D eigenvalue weighted by Gasteiger charge is 2.30. The predicted molar refractivity (Wildman–Crippen MR) is 59.8 cm³/mol. The summed E-state index contributed by atoms with van der Waals surface area (Å²) in [7, 11) is 0. The van der Waals surface area contributed by atoms with Gasteiger partial charge in [0.05, 0.1) is 5.56 Å². The molecular weight excluding hydrogens is 245 g/mol. The second kappa shape index (κ2) is 4.49. The van der Waals surface area contributed by atoms with Gasteiger partial charge in [0.25, 0.3) is 0 Å². The molecule has 1 aromatic carbocycles. The third kappa shape index (κ3) is 2.56. The van der Waals surface area contributed by atoms with Crippen LogP contribution in [-0.4, -0.2) is 5.11 Å². The van der Waals surface area contributed by atoms with Crippen LogP contribution >= 0.6 is 0 Å². The van der Waals surface area contributed by atoms with E-state index in [0.29, 0.717) is 17.1 Å². The van der Waals surface area contributed by atoms with Crippen molar-refractivity contribution in [1.29, 1.82) is 0 Å². The average molecular weight is 256 g/mol. The molecule has 0 aliphatic rings. The minimum Gasteiger partial charge on any atom is -0.458 e. The van der Waals surface area contributed by atoms with Gasteiger partial charge in [-0.3, -0.25) is 0 Å². The second-order valence-electron chi connectivity index (χ2n) is 3.95. The molecule has 0 aliphatic heterocycles. The number of aliphatic hydroxyl groups is 1. The molecule has 0 fully saturated rings. The SMILES string of the molecule is CC(O)c1ccc(-c2ccc(C(F)(F)F)cc2)o1. The lowest BCUT2D eigenvalue weighted by atomic mass is 10.1. The van der Waals surface area contributed by atoms with Gasteiger partial charge in [0.1, 0.15) is 17.6 Å². The van der Waals surface area contributed by atoms with Gasteiger partial charge in [-0.15, -0.1) is 0 Å². The van der Waals surface area contributed by atoms with Crippen LogP contribution in [0.2, 0.25) is 0 Å². The molecule has 2 aromatic rings. The number of halogens is 3. The van der Waals surface area contributed by atoms with Crippen molar-refractivity contribution in [2.75, 3.05) is 0 Å². The van der Waals surface area contributed by atoms with Crippen molar-refractivity contribution in [2.24, 2.45) is 0 Å². The smallest absolute Gasteiger partial charge is 0.416 e. The number of alkyl halides is 3. The maximum atomic E-state index is 12.4. The number of benzene rings is 1. The van der Waals surface area contributed by atoms with E-state index in [-0.39, 0.29) is 0 Å². The fourth-order valence-corrected chi connectivity index (χ4v) is 1.56. The molecule has 2 nitrogen and oxygen atoms in total. The zero-order valence-corrected chi connectivity index (χ0v) is 9.53. The van der Waals surface area contributed by atoms with Gasteiger partial charge in [0.15, 0.2) is 0 Å². The fourth-order valence-electron chi connectivity index (χ4n) is 1.56.